The van der Waals surface area contributed by atoms with Crippen molar-refractivity contribution >= 4 is 17.3 Å². The molecule has 0 aliphatic heterocycles. The second kappa shape index (κ2) is 7.31. The maximum absolute atomic E-state index is 12.0. The number of nitrogens with one attached hydrogen (secondary N) is 1. The summed E-state index contributed by atoms with van der Waals surface area (Å²) >= 11 is 0. The number of hydrogen-bond donors (Lipinski definition) is 1. The SMILES string of the molecule is CCOC(=O)c1nc(OC)ccc1Nc1ccc(OC)cc1. The first-order chi connectivity index (χ1) is 10.7. The number of pyridine rings is 1. The lowest BCUT2D eigenvalue weighted by Crippen LogP contribution is -2.11. The molecule has 0 atom stereocenters. The van der Waals surface area contributed by atoms with E-state index >= 15 is 0 Å². The van der Waals surface area contributed by atoms with E-state index in [0.717, 1.165) is 11.4 Å². The Labute approximate surface area is 129 Å². The van der Waals surface area contributed by atoms with E-state index in [4.69, 9.17) is 14.2 Å². The van der Waals surface area contributed by atoms with Crippen LogP contribution in [0.3, 0.4) is 0 Å². The van der Waals surface area contributed by atoms with E-state index in [0.29, 0.717) is 11.6 Å². The molecule has 116 valence electrons. The first-order valence-electron chi connectivity index (χ1n) is 6.81. The lowest BCUT2D eigenvalue weighted by Gasteiger charge is -2.12. The molecule has 1 aromatic carbocycles. The topological polar surface area (TPSA) is 69.7 Å². The fraction of sp³-hybridized carbons (Fsp3) is 0.250. The largest absolute Gasteiger partial charge is 0.497 e. The molecule has 0 saturated heterocycles. The minimum absolute atomic E-state index is 0.178. The van der Waals surface area contributed by atoms with Gasteiger partial charge in [0.2, 0.25) is 5.88 Å². The van der Waals surface area contributed by atoms with Crippen molar-refractivity contribution in [1.29, 1.82) is 0 Å². The van der Waals surface area contributed by atoms with E-state index in [9.17, 15) is 4.79 Å². The molecule has 0 amide bonds. The zero-order valence-electron chi connectivity index (χ0n) is 12.8. The highest BCUT2D eigenvalue weighted by Crippen LogP contribution is 2.24. The quantitative estimate of drug-likeness (QED) is 0.827. The van der Waals surface area contributed by atoms with Gasteiger partial charge in [-0.05, 0) is 37.3 Å². The Morgan fingerprint density at radius 2 is 1.82 bits per heavy atom. The van der Waals surface area contributed by atoms with Crippen molar-refractivity contribution in [2.24, 2.45) is 0 Å². The summed E-state index contributed by atoms with van der Waals surface area (Å²) in [7, 11) is 3.10. The van der Waals surface area contributed by atoms with E-state index in [1.54, 1.807) is 26.2 Å². The number of methoxy groups -OCH3 is 2. The molecule has 0 unspecified atom stereocenters. The van der Waals surface area contributed by atoms with Crippen LogP contribution in [0.2, 0.25) is 0 Å². The second-order valence-electron chi connectivity index (χ2n) is 4.32. The average Bonchev–Trinajstić information content (AvgIpc) is 2.56. The summed E-state index contributed by atoms with van der Waals surface area (Å²) in [6.45, 7) is 2.02. The summed E-state index contributed by atoms with van der Waals surface area (Å²) in [5.41, 5.74) is 1.53. The van der Waals surface area contributed by atoms with Crippen LogP contribution in [0.4, 0.5) is 11.4 Å². The van der Waals surface area contributed by atoms with E-state index < -0.39 is 5.97 Å². The molecule has 0 saturated carbocycles. The van der Waals surface area contributed by atoms with Crippen LogP contribution in [-0.2, 0) is 4.74 Å². The maximum Gasteiger partial charge on any atom is 0.359 e. The number of aromatic nitrogens is 1. The monoisotopic (exact) mass is 302 g/mol. The normalized spacial score (nSPS) is 9.95. The summed E-state index contributed by atoms with van der Waals surface area (Å²) in [5.74, 6) is 0.602. The minimum atomic E-state index is -0.502. The van der Waals surface area contributed by atoms with Gasteiger partial charge in [0, 0.05) is 11.8 Å². The van der Waals surface area contributed by atoms with E-state index in [1.807, 2.05) is 24.3 Å². The third kappa shape index (κ3) is 3.66. The number of anilines is 2. The van der Waals surface area contributed by atoms with Gasteiger partial charge >= 0.3 is 5.97 Å². The molecule has 0 spiro atoms. The molecule has 2 rings (SSSR count). The van der Waals surface area contributed by atoms with Crippen LogP contribution in [0.25, 0.3) is 0 Å². The Morgan fingerprint density at radius 1 is 1.09 bits per heavy atom. The highest BCUT2D eigenvalue weighted by Gasteiger charge is 2.16. The van der Waals surface area contributed by atoms with Gasteiger partial charge in [-0.25, -0.2) is 9.78 Å². The number of benzene rings is 1. The Bertz CT molecular complexity index is 641. The number of carbonyl (C=O) groups is 1. The molecule has 0 radical (unpaired) electrons. The summed E-state index contributed by atoms with van der Waals surface area (Å²) < 4.78 is 15.2. The van der Waals surface area contributed by atoms with E-state index in [-0.39, 0.29) is 12.3 Å². The van der Waals surface area contributed by atoms with Gasteiger partial charge in [0.05, 0.1) is 26.5 Å². The van der Waals surface area contributed by atoms with E-state index in [1.165, 1.54) is 7.11 Å². The van der Waals surface area contributed by atoms with Gasteiger partial charge in [0.25, 0.3) is 0 Å². The zero-order chi connectivity index (χ0) is 15.9. The van der Waals surface area contributed by atoms with Gasteiger partial charge in [-0.2, -0.15) is 0 Å². The van der Waals surface area contributed by atoms with Crippen LogP contribution in [0.5, 0.6) is 11.6 Å². The average molecular weight is 302 g/mol. The Kier molecular flexibility index (Phi) is 5.19. The van der Waals surface area contributed by atoms with Crippen LogP contribution in [0.15, 0.2) is 36.4 Å². The molecule has 6 heteroatoms. The molecule has 0 bridgehead atoms. The van der Waals surface area contributed by atoms with Crippen molar-refractivity contribution in [3.05, 3.63) is 42.1 Å². The Hall–Kier alpha value is -2.76. The molecule has 22 heavy (non-hydrogen) atoms. The van der Waals surface area contributed by atoms with Crippen LogP contribution in [0.1, 0.15) is 17.4 Å². The third-order valence-electron chi connectivity index (χ3n) is 2.92. The molecule has 1 heterocycles. The first kappa shape index (κ1) is 15.6. The number of carbonyl (C=O) groups excluding carboxylic acids is 1. The fourth-order valence-corrected chi connectivity index (χ4v) is 1.84. The standard InChI is InChI=1S/C16H18N2O4/c1-4-22-16(19)15-13(9-10-14(18-15)21-3)17-11-5-7-12(20-2)8-6-11/h5-10,17H,4H2,1-3H3. The summed E-state index contributed by atoms with van der Waals surface area (Å²) in [6.07, 6.45) is 0. The number of ether oxygens (including phenoxy) is 3. The molecule has 1 N–H and O–H groups in total. The Balaban J connectivity index is 2.30. The molecular weight excluding hydrogens is 284 g/mol. The van der Waals surface area contributed by atoms with Gasteiger partial charge in [-0.1, -0.05) is 0 Å². The first-order valence-corrected chi connectivity index (χ1v) is 6.81. The molecule has 0 aliphatic rings. The highest BCUT2D eigenvalue weighted by molar-refractivity contribution is 5.94. The van der Waals surface area contributed by atoms with Gasteiger partial charge in [-0.3, -0.25) is 0 Å². The van der Waals surface area contributed by atoms with Crippen LogP contribution < -0.4 is 14.8 Å². The van der Waals surface area contributed by atoms with Crippen LogP contribution in [-0.4, -0.2) is 31.8 Å². The number of hydrogen-bond acceptors (Lipinski definition) is 6. The number of esters is 1. The molecule has 0 fully saturated rings. The van der Waals surface area contributed by atoms with Crippen molar-refractivity contribution in [3.63, 3.8) is 0 Å². The van der Waals surface area contributed by atoms with E-state index in [2.05, 4.69) is 10.3 Å². The Morgan fingerprint density at radius 3 is 2.41 bits per heavy atom. The van der Waals surface area contributed by atoms with Gasteiger partial charge in [0.15, 0.2) is 5.69 Å². The number of nitrogens with zero attached hydrogens (tertiary/aromatic N) is 1. The number of rotatable bonds is 6. The van der Waals surface area contributed by atoms with Crippen molar-refractivity contribution < 1.29 is 19.0 Å². The van der Waals surface area contributed by atoms with Crippen molar-refractivity contribution in [1.82, 2.24) is 4.98 Å². The maximum atomic E-state index is 12.0. The zero-order valence-corrected chi connectivity index (χ0v) is 12.8. The van der Waals surface area contributed by atoms with Gasteiger partial charge in [-0.15, -0.1) is 0 Å². The molecule has 1 aromatic heterocycles. The molecular formula is C16H18N2O4. The lowest BCUT2D eigenvalue weighted by molar-refractivity contribution is 0.0520. The predicted molar refractivity (Wildman–Crippen MR) is 83.0 cm³/mol. The molecule has 6 nitrogen and oxygen atoms in total. The van der Waals surface area contributed by atoms with Crippen molar-refractivity contribution in [2.75, 3.05) is 26.1 Å². The lowest BCUT2D eigenvalue weighted by atomic mass is 10.2. The summed E-state index contributed by atoms with van der Waals surface area (Å²) in [6, 6.07) is 10.7. The van der Waals surface area contributed by atoms with Gasteiger partial charge < -0.3 is 19.5 Å². The molecule has 2 aromatic rings. The fourth-order valence-electron chi connectivity index (χ4n) is 1.84. The highest BCUT2D eigenvalue weighted by atomic mass is 16.5. The van der Waals surface area contributed by atoms with Crippen molar-refractivity contribution in [3.8, 4) is 11.6 Å². The predicted octanol–water partition coefficient (Wildman–Crippen LogP) is 3.02. The third-order valence-corrected chi connectivity index (χ3v) is 2.92. The van der Waals surface area contributed by atoms with Crippen LogP contribution in [0, 0.1) is 0 Å². The smallest absolute Gasteiger partial charge is 0.359 e. The summed E-state index contributed by atoms with van der Waals surface area (Å²) in [4.78, 5) is 16.2. The second-order valence-corrected chi connectivity index (χ2v) is 4.32. The van der Waals surface area contributed by atoms with Gasteiger partial charge in [0.1, 0.15) is 5.75 Å². The van der Waals surface area contributed by atoms with Crippen LogP contribution >= 0.6 is 0 Å². The minimum Gasteiger partial charge on any atom is -0.497 e. The van der Waals surface area contributed by atoms with Crippen molar-refractivity contribution in [2.45, 2.75) is 6.92 Å². The molecule has 0 aliphatic carbocycles. The summed E-state index contributed by atoms with van der Waals surface area (Å²) in [5, 5.41) is 3.14.